The van der Waals surface area contributed by atoms with Gasteiger partial charge in [-0.15, -0.1) is 11.3 Å². The molecule has 0 spiro atoms. The van der Waals surface area contributed by atoms with Crippen molar-refractivity contribution in [3.63, 3.8) is 0 Å². The lowest BCUT2D eigenvalue weighted by molar-refractivity contribution is -0.118. The molecule has 0 radical (unpaired) electrons. The quantitative estimate of drug-likeness (QED) is 0.396. The van der Waals surface area contributed by atoms with Crippen molar-refractivity contribution >= 4 is 45.9 Å². The van der Waals surface area contributed by atoms with Crippen LogP contribution in [0.25, 0.3) is 0 Å². The van der Waals surface area contributed by atoms with Gasteiger partial charge in [-0.3, -0.25) is 15.0 Å². The van der Waals surface area contributed by atoms with E-state index in [-0.39, 0.29) is 12.4 Å². The summed E-state index contributed by atoms with van der Waals surface area (Å²) in [6.07, 6.45) is 3.81. The molecule has 3 aromatic rings. The molecule has 9 nitrogen and oxygen atoms in total. The number of aromatic nitrogens is 4. The summed E-state index contributed by atoms with van der Waals surface area (Å²) in [5.74, 6) is 1.33. The Morgan fingerprint density at radius 3 is 2.54 bits per heavy atom. The normalized spacial score (nSPS) is 14.3. The third-order valence-electron chi connectivity index (χ3n) is 5.72. The maximum atomic E-state index is 11.7. The van der Waals surface area contributed by atoms with Gasteiger partial charge in [0, 0.05) is 61.5 Å². The monoisotopic (exact) mass is 513 g/mol. The summed E-state index contributed by atoms with van der Waals surface area (Å²) in [7, 11) is 0. The number of anilines is 3. The summed E-state index contributed by atoms with van der Waals surface area (Å²) in [4.78, 5) is 36.9. The van der Waals surface area contributed by atoms with Crippen molar-refractivity contribution in [1.82, 2.24) is 24.8 Å². The van der Waals surface area contributed by atoms with Gasteiger partial charge in [0.25, 0.3) is 0 Å². The smallest absolute Gasteiger partial charge is 0.234 e. The minimum atomic E-state index is 0.166. The molecule has 35 heavy (non-hydrogen) atoms. The highest BCUT2D eigenvalue weighted by molar-refractivity contribution is 7.99. The molecular weight excluding hydrogens is 482 g/mol. The number of carbonyl (C=O) groups is 1. The molecule has 0 amide bonds. The van der Waals surface area contributed by atoms with E-state index in [0.29, 0.717) is 36.4 Å². The van der Waals surface area contributed by atoms with Gasteiger partial charge in [-0.05, 0) is 35.9 Å². The van der Waals surface area contributed by atoms with Crippen LogP contribution < -0.4 is 10.2 Å². The van der Waals surface area contributed by atoms with E-state index in [4.69, 9.17) is 9.97 Å². The Hall–Kier alpha value is -2.60. The maximum Gasteiger partial charge on any atom is 0.234 e. The highest BCUT2D eigenvalue weighted by Gasteiger charge is 2.21. The summed E-state index contributed by atoms with van der Waals surface area (Å²) in [5.41, 5.74) is 1.01. The number of carbonyl (C=O) groups excluding carboxylic acids is 1. The third kappa shape index (κ3) is 7.20. The predicted octanol–water partition coefficient (Wildman–Crippen LogP) is 3.42. The molecule has 2 N–H and O–H groups in total. The molecule has 11 heteroatoms. The van der Waals surface area contributed by atoms with Crippen LogP contribution >= 0.6 is 23.1 Å². The molecule has 0 bridgehead atoms. The molecule has 1 fully saturated rings. The molecule has 0 aliphatic carbocycles. The molecule has 2 aromatic heterocycles. The van der Waals surface area contributed by atoms with Gasteiger partial charge in [0.1, 0.15) is 5.78 Å². The zero-order valence-corrected chi connectivity index (χ0v) is 21.7. The zero-order chi connectivity index (χ0) is 24.6. The lowest BCUT2D eigenvalue weighted by Crippen LogP contribution is -2.47. The molecule has 1 aromatic carbocycles. The Bertz CT molecular complexity index is 1120. The lowest BCUT2D eigenvalue weighted by Gasteiger charge is -2.34. The van der Waals surface area contributed by atoms with Gasteiger partial charge >= 0.3 is 0 Å². The predicted molar refractivity (Wildman–Crippen MR) is 140 cm³/mol. The maximum absolute atomic E-state index is 11.7. The second kappa shape index (κ2) is 12.4. The van der Waals surface area contributed by atoms with Gasteiger partial charge in [0.2, 0.25) is 11.9 Å². The standard InChI is InChI=1S/C24H31N7O2S2/c1-3-18(33)15-17-5-7-20(8-6-17)35-24-28-21(27-23-25-16-19(4-2)34-23)26-22(29-24)31-11-9-30(10-12-31)13-14-32/h5-8,16,32H,3-4,9-15H2,1-2H3,(H,25,26,27,28,29). The minimum absolute atomic E-state index is 0.166. The van der Waals surface area contributed by atoms with Crippen molar-refractivity contribution in [3.8, 4) is 0 Å². The molecule has 0 unspecified atom stereocenters. The molecular formula is C24H31N7O2S2. The molecule has 3 heterocycles. The van der Waals surface area contributed by atoms with Crippen molar-refractivity contribution in [1.29, 1.82) is 0 Å². The largest absolute Gasteiger partial charge is 0.395 e. The number of piperazine rings is 1. The highest BCUT2D eigenvalue weighted by Crippen LogP contribution is 2.29. The van der Waals surface area contributed by atoms with Crippen LogP contribution in [0.1, 0.15) is 30.7 Å². The van der Waals surface area contributed by atoms with Crippen molar-refractivity contribution < 1.29 is 9.90 Å². The molecule has 4 rings (SSSR count). The fourth-order valence-electron chi connectivity index (χ4n) is 3.66. The number of thiazole rings is 1. The number of β-amino-alcohol motifs (C(OH)–C–C–N with tert-alkyl or cyclic N) is 1. The van der Waals surface area contributed by atoms with E-state index in [1.54, 1.807) is 11.3 Å². The van der Waals surface area contributed by atoms with E-state index in [1.807, 2.05) is 37.4 Å². The first-order valence-electron chi connectivity index (χ1n) is 11.9. The number of ketones is 1. The number of aryl methyl sites for hydroxylation is 1. The summed E-state index contributed by atoms with van der Waals surface area (Å²) < 4.78 is 0. The number of aliphatic hydroxyl groups excluding tert-OH is 1. The number of rotatable bonds is 11. The van der Waals surface area contributed by atoms with Gasteiger partial charge in [-0.25, -0.2) is 4.98 Å². The van der Waals surface area contributed by atoms with Crippen LogP contribution in [0.4, 0.5) is 17.0 Å². The Kier molecular flexibility index (Phi) is 9.02. The average molecular weight is 514 g/mol. The Balaban J connectivity index is 1.54. The van der Waals surface area contributed by atoms with E-state index in [2.05, 4.69) is 32.0 Å². The topological polar surface area (TPSA) is 107 Å². The second-order valence-electron chi connectivity index (χ2n) is 8.22. The molecule has 0 atom stereocenters. The van der Waals surface area contributed by atoms with Crippen LogP contribution in [-0.2, 0) is 17.6 Å². The molecule has 1 aliphatic heterocycles. The fraction of sp³-hybridized carbons (Fsp3) is 0.458. The van der Waals surface area contributed by atoms with E-state index >= 15 is 0 Å². The van der Waals surface area contributed by atoms with Crippen LogP contribution in [-0.4, -0.2) is 75.1 Å². The average Bonchev–Trinajstić information content (AvgIpc) is 3.33. The van der Waals surface area contributed by atoms with Crippen LogP contribution in [0.5, 0.6) is 0 Å². The number of aliphatic hydroxyl groups is 1. The number of nitrogens with zero attached hydrogens (tertiary/aromatic N) is 6. The summed E-state index contributed by atoms with van der Waals surface area (Å²) in [6, 6.07) is 7.97. The molecule has 0 saturated carbocycles. The second-order valence-corrected chi connectivity index (χ2v) is 10.4. The Labute approximate surface area is 214 Å². The minimum Gasteiger partial charge on any atom is -0.395 e. The van der Waals surface area contributed by atoms with Crippen molar-refractivity contribution in [3.05, 3.63) is 40.9 Å². The van der Waals surface area contributed by atoms with Gasteiger partial charge in [-0.1, -0.05) is 26.0 Å². The van der Waals surface area contributed by atoms with E-state index < -0.39 is 0 Å². The molecule has 186 valence electrons. The first-order valence-corrected chi connectivity index (χ1v) is 13.5. The summed E-state index contributed by atoms with van der Waals surface area (Å²) >= 11 is 3.06. The number of nitrogens with one attached hydrogen (secondary N) is 1. The number of hydrogen-bond acceptors (Lipinski definition) is 11. The van der Waals surface area contributed by atoms with Gasteiger partial charge in [0.15, 0.2) is 10.3 Å². The first kappa shape index (κ1) is 25.5. The third-order valence-corrected chi connectivity index (χ3v) is 7.65. The van der Waals surface area contributed by atoms with Crippen LogP contribution in [0.2, 0.25) is 0 Å². The molecule has 1 aliphatic rings. The number of hydrogen-bond donors (Lipinski definition) is 2. The van der Waals surface area contributed by atoms with E-state index in [0.717, 1.165) is 48.2 Å². The van der Waals surface area contributed by atoms with Crippen LogP contribution in [0, 0.1) is 0 Å². The summed E-state index contributed by atoms with van der Waals surface area (Å²) in [5, 5.41) is 13.8. The van der Waals surface area contributed by atoms with E-state index in [1.165, 1.54) is 16.6 Å². The van der Waals surface area contributed by atoms with Crippen LogP contribution in [0.15, 0.2) is 40.5 Å². The number of benzene rings is 1. The van der Waals surface area contributed by atoms with Crippen molar-refractivity contribution in [2.75, 3.05) is 49.5 Å². The SMILES string of the molecule is CCC(=O)Cc1ccc(Sc2nc(Nc3ncc(CC)s3)nc(N3CCN(CCO)CC3)n2)cc1. The fourth-order valence-corrected chi connectivity index (χ4v) is 5.15. The summed E-state index contributed by atoms with van der Waals surface area (Å²) in [6.45, 7) is 8.10. The van der Waals surface area contributed by atoms with Crippen LogP contribution in [0.3, 0.4) is 0 Å². The lowest BCUT2D eigenvalue weighted by atomic mass is 10.1. The van der Waals surface area contributed by atoms with Gasteiger partial charge < -0.3 is 10.0 Å². The highest BCUT2D eigenvalue weighted by atomic mass is 32.2. The Morgan fingerprint density at radius 2 is 1.89 bits per heavy atom. The van der Waals surface area contributed by atoms with Gasteiger partial charge in [0.05, 0.1) is 6.61 Å². The number of Topliss-reactive ketones (excluding diaryl/α,β-unsaturated/α-hetero) is 1. The van der Waals surface area contributed by atoms with Gasteiger partial charge in [-0.2, -0.15) is 15.0 Å². The zero-order valence-electron chi connectivity index (χ0n) is 20.1. The van der Waals surface area contributed by atoms with Crippen molar-refractivity contribution in [2.24, 2.45) is 0 Å². The Morgan fingerprint density at radius 1 is 1.11 bits per heavy atom. The molecule has 1 saturated heterocycles. The van der Waals surface area contributed by atoms with Crippen molar-refractivity contribution in [2.45, 2.75) is 43.2 Å². The van der Waals surface area contributed by atoms with E-state index in [9.17, 15) is 9.90 Å². The first-order chi connectivity index (χ1) is 17.1.